The number of aryl methyl sites for hydroxylation is 1. The summed E-state index contributed by atoms with van der Waals surface area (Å²) >= 11 is 1.66. The molecule has 1 aromatic rings. The molecule has 1 amide bonds. The maximum atomic E-state index is 12.2. The Morgan fingerprint density at radius 2 is 2.14 bits per heavy atom. The van der Waals surface area contributed by atoms with E-state index in [0.717, 1.165) is 35.9 Å². The summed E-state index contributed by atoms with van der Waals surface area (Å²) in [5.74, 6) is 0.832. The maximum absolute atomic E-state index is 12.2. The van der Waals surface area contributed by atoms with Gasteiger partial charge in [0.15, 0.2) is 0 Å². The molecule has 1 saturated heterocycles. The summed E-state index contributed by atoms with van der Waals surface area (Å²) in [6.07, 6.45) is 5.24. The number of hydrogen-bond acceptors (Lipinski definition) is 5. The minimum atomic E-state index is -0.446. The minimum Gasteiger partial charge on any atom is -0.444 e. The predicted molar refractivity (Wildman–Crippen MR) is 83.5 cm³/mol. The zero-order valence-corrected chi connectivity index (χ0v) is 13.9. The number of rotatable bonds is 3. The Kier molecular flexibility index (Phi) is 5.08. The second-order valence-corrected chi connectivity index (χ2v) is 7.24. The van der Waals surface area contributed by atoms with E-state index in [0.29, 0.717) is 0 Å². The van der Waals surface area contributed by atoms with E-state index in [2.05, 4.69) is 9.97 Å². The first-order chi connectivity index (χ1) is 9.87. The zero-order valence-electron chi connectivity index (χ0n) is 13.1. The molecule has 0 aromatic carbocycles. The fourth-order valence-corrected chi connectivity index (χ4v) is 3.38. The molecule has 0 bridgehead atoms. The van der Waals surface area contributed by atoms with E-state index in [1.165, 1.54) is 0 Å². The van der Waals surface area contributed by atoms with Gasteiger partial charge in [-0.1, -0.05) is 0 Å². The van der Waals surface area contributed by atoms with Crippen LogP contribution in [0.4, 0.5) is 4.79 Å². The van der Waals surface area contributed by atoms with Crippen LogP contribution in [0.15, 0.2) is 17.4 Å². The lowest BCUT2D eigenvalue weighted by Crippen LogP contribution is -2.40. The van der Waals surface area contributed by atoms with E-state index >= 15 is 0 Å². The summed E-state index contributed by atoms with van der Waals surface area (Å²) < 4.78 is 5.48. The maximum Gasteiger partial charge on any atom is 0.410 e. The van der Waals surface area contributed by atoms with Crippen LogP contribution in [-0.2, 0) is 4.74 Å². The first-order valence-corrected chi connectivity index (χ1v) is 8.25. The van der Waals surface area contributed by atoms with Crippen LogP contribution < -0.4 is 0 Å². The molecule has 0 spiro atoms. The van der Waals surface area contributed by atoms with E-state index < -0.39 is 5.60 Å². The lowest BCUT2D eigenvalue weighted by molar-refractivity contribution is 0.0242. The normalized spacial score (nSPS) is 18.9. The molecule has 0 aliphatic carbocycles. The molecule has 2 rings (SSSR count). The van der Waals surface area contributed by atoms with Crippen LogP contribution in [0.5, 0.6) is 0 Å². The van der Waals surface area contributed by atoms with Crippen LogP contribution in [-0.4, -0.2) is 44.9 Å². The lowest BCUT2D eigenvalue weighted by Gasteiger charge is -2.28. The molecule has 0 radical (unpaired) electrons. The van der Waals surface area contributed by atoms with Crippen molar-refractivity contribution in [2.24, 2.45) is 0 Å². The number of thioether (sulfide) groups is 1. The summed E-state index contributed by atoms with van der Waals surface area (Å²) in [5.41, 5.74) is 0.489. The summed E-state index contributed by atoms with van der Waals surface area (Å²) in [6, 6.07) is 0.214. The molecule has 1 aromatic heterocycles. The van der Waals surface area contributed by atoms with Crippen LogP contribution in [0.2, 0.25) is 0 Å². The highest BCUT2D eigenvalue weighted by Crippen LogP contribution is 2.27. The Morgan fingerprint density at radius 1 is 1.43 bits per heavy atom. The van der Waals surface area contributed by atoms with Crippen LogP contribution >= 0.6 is 11.8 Å². The quantitative estimate of drug-likeness (QED) is 0.802. The molecule has 0 N–H and O–H groups in total. The van der Waals surface area contributed by atoms with Crippen LogP contribution in [0.1, 0.15) is 39.3 Å². The third-order valence-electron chi connectivity index (χ3n) is 3.25. The summed E-state index contributed by atoms with van der Waals surface area (Å²) in [6.45, 7) is 8.42. The Morgan fingerprint density at radius 3 is 2.81 bits per heavy atom. The topological polar surface area (TPSA) is 55.3 Å². The fourth-order valence-electron chi connectivity index (χ4n) is 2.28. The van der Waals surface area contributed by atoms with Gasteiger partial charge in [0.25, 0.3) is 0 Å². The number of hydrogen-bond donors (Lipinski definition) is 0. The highest BCUT2D eigenvalue weighted by molar-refractivity contribution is 7.99. The smallest absolute Gasteiger partial charge is 0.410 e. The van der Waals surface area contributed by atoms with E-state index in [1.807, 2.05) is 32.6 Å². The first kappa shape index (κ1) is 16.1. The third-order valence-corrected chi connectivity index (χ3v) is 4.48. The van der Waals surface area contributed by atoms with Crippen molar-refractivity contribution in [2.75, 3.05) is 12.3 Å². The lowest BCUT2D eigenvalue weighted by atomic mass is 10.2. The standard InChI is InChI=1S/C15H23N3O2S/c1-11-13(17-8-7-16-11)21-10-12-6-5-9-18(12)14(19)20-15(2,3)4/h7-8,12H,5-6,9-10H2,1-4H3. The molecule has 0 saturated carbocycles. The summed E-state index contributed by atoms with van der Waals surface area (Å²) in [5, 5.41) is 0.938. The van der Waals surface area contributed by atoms with E-state index in [-0.39, 0.29) is 12.1 Å². The zero-order chi connectivity index (χ0) is 15.5. The number of nitrogens with zero attached hydrogens (tertiary/aromatic N) is 3. The minimum absolute atomic E-state index is 0.207. The molecule has 1 unspecified atom stereocenters. The molecule has 1 aliphatic heterocycles. The molecule has 6 heteroatoms. The van der Waals surface area contributed by atoms with Gasteiger partial charge in [0, 0.05) is 30.7 Å². The molecule has 116 valence electrons. The first-order valence-electron chi connectivity index (χ1n) is 7.27. The number of likely N-dealkylation sites (tertiary alicyclic amines) is 1. The number of ether oxygens (including phenoxy) is 1. The molecular formula is C15H23N3O2S. The van der Waals surface area contributed by atoms with Gasteiger partial charge >= 0.3 is 6.09 Å². The Labute approximate surface area is 130 Å². The van der Waals surface area contributed by atoms with Gasteiger partial charge in [-0.2, -0.15) is 0 Å². The Balaban J connectivity index is 1.93. The summed E-state index contributed by atoms with van der Waals surface area (Å²) in [4.78, 5) is 22.6. The van der Waals surface area contributed by atoms with Gasteiger partial charge in [-0.25, -0.2) is 9.78 Å². The van der Waals surface area contributed by atoms with E-state index in [1.54, 1.807) is 24.2 Å². The number of amides is 1. The van der Waals surface area contributed by atoms with Gasteiger partial charge < -0.3 is 9.64 Å². The SMILES string of the molecule is Cc1nccnc1SCC1CCCN1C(=O)OC(C)(C)C. The molecule has 1 aliphatic rings. The van der Waals surface area contributed by atoms with Gasteiger partial charge in [-0.3, -0.25) is 4.98 Å². The predicted octanol–water partition coefficient (Wildman–Crippen LogP) is 3.28. The second kappa shape index (κ2) is 6.64. The van der Waals surface area contributed by atoms with Crippen LogP contribution in [0.3, 0.4) is 0 Å². The van der Waals surface area contributed by atoms with Crippen molar-refractivity contribution in [3.05, 3.63) is 18.1 Å². The highest BCUT2D eigenvalue weighted by atomic mass is 32.2. The molecular weight excluding hydrogens is 286 g/mol. The van der Waals surface area contributed by atoms with Gasteiger partial charge in [0.05, 0.1) is 5.69 Å². The number of aromatic nitrogens is 2. The monoisotopic (exact) mass is 309 g/mol. The Hall–Kier alpha value is -1.30. The van der Waals surface area contributed by atoms with Crippen molar-refractivity contribution in [3.8, 4) is 0 Å². The van der Waals surface area contributed by atoms with E-state index in [9.17, 15) is 4.79 Å². The van der Waals surface area contributed by atoms with Crippen molar-refractivity contribution in [2.45, 2.75) is 57.2 Å². The average molecular weight is 309 g/mol. The number of carbonyl (C=O) groups excluding carboxylic acids is 1. The number of carbonyl (C=O) groups is 1. The molecule has 2 heterocycles. The van der Waals surface area contributed by atoms with Gasteiger partial charge in [0.2, 0.25) is 0 Å². The van der Waals surface area contributed by atoms with Gasteiger partial charge in [-0.15, -0.1) is 11.8 Å². The van der Waals surface area contributed by atoms with Crippen molar-refractivity contribution in [3.63, 3.8) is 0 Å². The molecule has 5 nitrogen and oxygen atoms in total. The summed E-state index contributed by atoms with van der Waals surface area (Å²) in [7, 11) is 0. The average Bonchev–Trinajstić information content (AvgIpc) is 2.84. The van der Waals surface area contributed by atoms with Crippen molar-refractivity contribution >= 4 is 17.9 Å². The van der Waals surface area contributed by atoms with Gasteiger partial charge in [-0.05, 0) is 40.5 Å². The van der Waals surface area contributed by atoms with Gasteiger partial charge in [0.1, 0.15) is 10.6 Å². The third kappa shape index (κ3) is 4.59. The molecule has 21 heavy (non-hydrogen) atoms. The molecule has 1 fully saturated rings. The second-order valence-electron chi connectivity index (χ2n) is 6.23. The van der Waals surface area contributed by atoms with Crippen LogP contribution in [0, 0.1) is 6.92 Å². The molecule has 1 atom stereocenters. The van der Waals surface area contributed by atoms with E-state index in [4.69, 9.17) is 4.74 Å². The van der Waals surface area contributed by atoms with Crippen molar-refractivity contribution < 1.29 is 9.53 Å². The van der Waals surface area contributed by atoms with Crippen molar-refractivity contribution in [1.29, 1.82) is 0 Å². The fraction of sp³-hybridized carbons (Fsp3) is 0.667. The van der Waals surface area contributed by atoms with Crippen molar-refractivity contribution in [1.82, 2.24) is 14.9 Å². The highest BCUT2D eigenvalue weighted by Gasteiger charge is 2.32. The largest absolute Gasteiger partial charge is 0.444 e. The Bertz CT molecular complexity index is 502. The van der Waals surface area contributed by atoms with Crippen LogP contribution in [0.25, 0.3) is 0 Å².